The second-order valence-corrected chi connectivity index (χ2v) is 4.38. The highest BCUT2D eigenvalue weighted by molar-refractivity contribution is 6.13. The van der Waals surface area contributed by atoms with Gasteiger partial charge in [-0.1, -0.05) is 42.5 Å². The number of benzene rings is 2. The van der Waals surface area contributed by atoms with Crippen molar-refractivity contribution in [3.05, 3.63) is 60.9 Å². The van der Waals surface area contributed by atoms with Crippen LogP contribution >= 0.6 is 0 Å². The number of hydrogen-bond acceptors (Lipinski definition) is 2. The van der Waals surface area contributed by atoms with Crippen molar-refractivity contribution in [1.82, 2.24) is 9.97 Å². The fourth-order valence-corrected chi connectivity index (χ4v) is 2.45. The Balaban J connectivity index is 2.31. The molecular weight excluding hydrogens is 220 g/mol. The van der Waals surface area contributed by atoms with Crippen LogP contribution < -0.4 is 0 Å². The van der Waals surface area contributed by atoms with Gasteiger partial charge in [0.25, 0.3) is 0 Å². The van der Waals surface area contributed by atoms with Gasteiger partial charge in [0.15, 0.2) is 0 Å². The van der Waals surface area contributed by atoms with Gasteiger partial charge >= 0.3 is 0 Å². The normalized spacial score (nSPS) is 11.3. The van der Waals surface area contributed by atoms with Crippen LogP contribution in [0.1, 0.15) is 0 Å². The molecule has 2 heteroatoms. The van der Waals surface area contributed by atoms with Crippen LogP contribution in [0.15, 0.2) is 60.9 Å². The highest BCUT2D eigenvalue weighted by Crippen LogP contribution is 2.27. The maximum Gasteiger partial charge on any atom is 0.0817 e. The molecule has 2 aromatic carbocycles. The molecule has 4 rings (SSSR count). The molecule has 2 aromatic heterocycles. The topological polar surface area (TPSA) is 25.8 Å². The Bertz CT molecular complexity index is 806. The fourth-order valence-electron chi connectivity index (χ4n) is 2.45. The highest BCUT2D eigenvalue weighted by atomic mass is 14.7. The molecule has 0 atom stereocenters. The summed E-state index contributed by atoms with van der Waals surface area (Å²) >= 11 is 0. The Labute approximate surface area is 104 Å². The first kappa shape index (κ1) is 9.54. The van der Waals surface area contributed by atoms with Crippen molar-refractivity contribution in [2.75, 3.05) is 0 Å². The molecule has 0 amide bonds. The molecule has 0 N–H and O–H groups in total. The zero-order valence-electron chi connectivity index (χ0n) is 9.67. The van der Waals surface area contributed by atoms with E-state index in [0.717, 1.165) is 27.2 Å². The van der Waals surface area contributed by atoms with Crippen molar-refractivity contribution < 1.29 is 0 Å². The lowest BCUT2D eigenvalue weighted by molar-refractivity contribution is 1.40. The SMILES string of the molecule is c1ccc2c(c1)cnc1c3ccccc3ncc21. The molecular formula is C16H10N2. The summed E-state index contributed by atoms with van der Waals surface area (Å²) in [4.78, 5) is 9.12. The lowest BCUT2D eigenvalue weighted by Crippen LogP contribution is -1.86. The van der Waals surface area contributed by atoms with Crippen LogP contribution in [0.2, 0.25) is 0 Å². The van der Waals surface area contributed by atoms with Crippen molar-refractivity contribution in [3.63, 3.8) is 0 Å². The zero-order chi connectivity index (χ0) is 11.9. The average Bonchev–Trinajstić information content (AvgIpc) is 2.46. The second-order valence-electron chi connectivity index (χ2n) is 4.38. The van der Waals surface area contributed by atoms with Gasteiger partial charge in [-0.15, -0.1) is 0 Å². The van der Waals surface area contributed by atoms with Crippen LogP contribution in [0.4, 0.5) is 0 Å². The molecule has 0 saturated carbocycles. The largest absolute Gasteiger partial charge is 0.255 e. The average molecular weight is 230 g/mol. The summed E-state index contributed by atoms with van der Waals surface area (Å²) in [5.74, 6) is 0. The number of pyridine rings is 2. The van der Waals surface area contributed by atoms with Gasteiger partial charge in [-0.2, -0.15) is 0 Å². The standard InChI is InChI=1S/C16H10N2/c1-2-6-12-11(5-1)9-18-16-13-7-3-4-8-15(13)17-10-14(12)16/h1-10H. The van der Waals surface area contributed by atoms with Crippen molar-refractivity contribution in [2.24, 2.45) is 0 Å². The molecule has 2 heterocycles. The molecule has 0 saturated heterocycles. The van der Waals surface area contributed by atoms with E-state index in [1.165, 1.54) is 5.39 Å². The third kappa shape index (κ3) is 1.23. The quantitative estimate of drug-likeness (QED) is 0.428. The summed E-state index contributed by atoms with van der Waals surface area (Å²) in [5, 5.41) is 4.59. The van der Waals surface area contributed by atoms with Gasteiger partial charge in [-0.05, 0) is 11.5 Å². The van der Waals surface area contributed by atoms with Gasteiger partial charge in [0.05, 0.1) is 11.0 Å². The van der Waals surface area contributed by atoms with E-state index in [1.807, 2.05) is 36.7 Å². The van der Waals surface area contributed by atoms with Gasteiger partial charge in [0.1, 0.15) is 0 Å². The molecule has 0 unspecified atom stereocenters. The predicted molar refractivity (Wildman–Crippen MR) is 74.6 cm³/mol. The fraction of sp³-hybridized carbons (Fsp3) is 0. The third-order valence-corrected chi connectivity index (χ3v) is 3.33. The first-order chi connectivity index (χ1) is 8.93. The Morgan fingerprint density at radius 3 is 2.33 bits per heavy atom. The molecule has 0 bridgehead atoms. The van der Waals surface area contributed by atoms with E-state index in [-0.39, 0.29) is 0 Å². The lowest BCUT2D eigenvalue weighted by atomic mass is 10.1. The number of hydrogen-bond donors (Lipinski definition) is 0. The van der Waals surface area contributed by atoms with E-state index in [9.17, 15) is 0 Å². The van der Waals surface area contributed by atoms with Crippen LogP contribution in [0, 0.1) is 0 Å². The number of aromatic nitrogens is 2. The summed E-state index contributed by atoms with van der Waals surface area (Å²) in [6.45, 7) is 0. The van der Waals surface area contributed by atoms with Crippen molar-refractivity contribution in [3.8, 4) is 0 Å². The first-order valence-corrected chi connectivity index (χ1v) is 5.95. The maximum absolute atomic E-state index is 4.60. The van der Waals surface area contributed by atoms with Gasteiger partial charge in [0.2, 0.25) is 0 Å². The highest BCUT2D eigenvalue weighted by Gasteiger charge is 2.05. The van der Waals surface area contributed by atoms with Crippen LogP contribution in [0.5, 0.6) is 0 Å². The molecule has 0 fully saturated rings. The molecule has 0 radical (unpaired) electrons. The molecule has 0 spiro atoms. The van der Waals surface area contributed by atoms with Crippen molar-refractivity contribution in [2.45, 2.75) is 0 Å². The van der Waals surface area contributed by atoms with Crippen molar-refractivity contribution in [1.29, 1.82) is 0 Å². The Morgan fingerprint density at radius 2 is 1.39 bits per heavy atom. The summed E-state index contributed by atoms with van der Waals surface area (Å²) < 4.78 is 0. The number of nitrogens with zero attached hydrogens (tertiary/aromatic N) is 2. The monoisotopic (exact) mass is 230 g/mol. The van der Waals surface area contributed by atoms with Crippen LogP contribution in [0.25, 0.3) is 32.6 Å². The Kier molecular flexibility index (Phi) is 1.86. The van der Waals surface area contributed by atoms with Gasteiger partial charge in [-0.25, -0.2) is 0 Å². The summed E-state index contributed by atoms with van der Waals surface area (Å²) in [6, 6.07) is 16.4. The minimum Gasteiger partial charge on any atom is -0.255 e. The van der Waals surface area contributed by atoms with E-state index >= 15 is 0 Å². The van der Waals surface area contributed by atoms with E-state index in [4.69, 9.17) is 0 Å². The first-order valence-electron chi connectivity index (χ1n) is 5.95. The van der Waals surface area contributed by atoms with Crippen LogP contribution in [0.3, 0.4) is 0 Å². The van der Waals surface area contributed by atoms with Crippen LogP contribution in [-0.4, -0.2) is 9.97 Å². The molecule has 0 aliphatic rings. The molecule has 84 valence electrons. The molecule has 18 heavy (non-hydrogen) atoms. The van der Waals surface area contributed by atoms with E-state index < -0.39 is 0 Å². The second kappa shape index (κ2) is 3.50. The minimum absolute atomic E-state index is 0.993. The van der Waals surface area contributed by atoms with E-state index in [2.05, 4.69) is 34.2 Å². The Morgan fingerprint density at radius 1 is 0.611 bits per heavy atom. The Hall–Kier alpha value is -2.48. The van der Waals surface area contributed by atoms with Gasteiger partial charge in [-0.3, -0.25) is 9.97 Å². The minimum atomic E-state index is 0.993. The molecule has 2 nitrogen and oxygen atoms in total. The summed E-state index contributed by atoms with van der Waals surface area (Å²) in [7, 11) is 0. The van der Waals surface area contributed by atoms with Gasteiger partial charge < -0.3 is 0 Å². The van der Waals surface area contributed by atoms with Gasteiger partial charge in [0, 0.05) is 28.6 Å². The van der Waals surface area contributed by atoms with E-state index in [1.54, 1.807) is 0 Å². The predicted octanol–water partition coefficient (Wildman–Crippen LogP) is 3.94. The third-order valence-electron chi connectivity index (χ3n) is 3.33. The number of fused-ring (bicyclic) bond motifs is 5. The number of para-hydroxylation sites is 1. The lowest BCUT2D eigenvalue weighted by Gasteiger charge is -2.05. The maximum atomic E-state index is 4.60. The molecule has 0 aliphatic heterocycles. The molecule has 4 aromatic rings. The van der Waals surface area contributed by atoms with Crippen molar-refractivity contribution >= 4 is 32.6 Å². The zero-order valence-corrected chi connectivity index (χ0v) is 9.67. The van der Waals surface area contributed by atoms with E-state index in [0.29, 0.717) is 0 Å². The van der Waals surface area contributed by atoms with Crippen LogP contribution in [-0.2, 0) is 0 Å². The number of rotatable bonds is 0. The summed E-state index contributed by atoms with van der Waals surface area (Å²) in [6.07, 6.45) is 3.86. The molecule has 0 aliphatic carbocycles. The summed E-state index contributed by atoms with van der Waals surface area (Å²) in [5.41, 5.74) is 2.02. The smallest absolute Gasteiger partial charge is 0.0817 e.